The number of hydrogen-bond acceptors (Lipinski definition) is 6. The maximum Gasteiger partial charge on any atom is 0.318 e. The van der Waals surface area contributed by atoms with Gasteiger partial charge in [0.1, 0.15) is 30.4 Å². The lowest BCUT2D eigenvalue weighted by Crippen LogP contribution is -2.47. The molecule has 0 bridgehead atoms. The zero-order valence-corrected chi connectivity index (χ0v) is 22.2. The predicted molar refractivity (Wildman–Crippen MR) is 137 cm³/mol. The third-order valence-electron chi connectivity index (χ3n) is 6.09. The number of aliphatic carboxylic acids is 1. The largest absolute Gasteiger partial charge is 0.487 e. The zero-order valence-electron chi connectivity index (χ0n) is 21.4. The number of hydrogen-bond donors (Lipinski definition) is 1. The van der Waals surface area contributed by atoms with Crippen LogP contribution in [0.2, 0.25) is 0 Å². The average Bonchev–Trinajstić information content (AvgIpc) is 3.20. The molecule has 0 saturated heterocycles. The molecular formula is C26H33N3O6S. The standard InChI is InChI=1S/C26H33N3O6S/c1-17(2)28(6)36(32,33)29(15-25(30)31)19(4)21-11-9-12-22(14-21)34-16-24-20(5)35-26(27-24)23-13-8-7-10-18(23)3/h7-14,17,19H,15-16H2,1-6H3,(H,30,31). The summed E-state index contributed by atoms with van der Waals surface area (Å²) in [5, 5.41) is 9.39. The van der Waals surface area contributed by atoms with Crippen molar-refractivity contribution in [1.29, 1.82) is 0 Å². The van der Waals surface area contributed by atoms with Gasteiger partial charge in [0.15, 0.2) is 0 Å². The van der Waals surface area contributed by atoms with Gasteiger partial charge in [-0.15, -0.1) is 0 Å². The van der Waals surface area contributed by atoms with E-state index in [1.807, 2.05) is 38.1 Å². The van der Waals surface area contributed by atoms with Crippen molar-refractivity contribution in [2.24, 2.45) is 0 Å². The fourth-order valence-corrected chi connectivity index (χ4v) is 5.31. The molecule has 1 heterocycles. The van der Waals surface area contributed by atoms with Crippen LogP contribution >= 0.6 is 0 Å². The first kappa shape index (κ1) is 27.4. The van der Waals surface area contributed by atoms with Crippen LogP contribution in [0.5, 0.6) is 5.75 Å². The number of benzene rings is 2. The van der Waals surface area contributed by atoms with Crippen molar-refractivity contribution in [2.75, 3.05) is 13.6 Å². The second kappa shape index (κ2) is 11.2. The van der Waals surface area contributed by atoms with E-state index in [4.69, 9.17) is 9.15 Å². The lowest BCUT2D eigenvalue weighted by molar-refractivity contribution is -0.137. The number of oxazole rings is 1. The quantitative estimate of drug-likeness (QED) is 0.398. The minimum Gasteiger partial charge on any atom is -0.487 e. The highest BCUT2D eigenvalue weighted by atomic mass is 32.2. The Bertz CT molecular complexity index is 1320. The molecule has 0 aliphatic carbocycles. The third-order valence-corrected chi connectivity index (χ3v) is 8.28. The Kier molecular flexibility index (Phi) is 8.55. The number of carboxylic acids is 1. The van der Waals surface area contributed by atoms with Gasteiger partial charge in [-0.2, -0.15) is 17.0 Å². The number of carboxylic acid groups (broad SMARTS) is 1. The van der Waals surface area contributed by atoms with E-state index < -0.39 is 28.8 Å². The van der Waals surface area contributed by atoms with Gasteiger partial charge in [-0.25, -0.2) is 4.98 Å². The molecule has 194 valence electrons. The van der Waals surface area contributed by atoms with Crippen LogP contribution in [0.1, 0.15) is 49.4 Å². The lowest BCUT2D eigenvalue weighted by Gasteiger charge is -2.32. The van der Waals surface area contributed by atoms with Crippen molar-refractivity contribution in [1.82, 2.24) is 13.6 Å². The molecule has 0 fully saturated rings. The summed E-state index contributed by atoms with van der Waals surface area (Å²) in [6, 6.07) is 13.7. The van der Waals surface area contributed by atoms with Gasteiger partial charge in [0.25, 0.3) is 10.2 Å². The summed E-state index contributed by atoms with van der Waals surface area (Å²) in [6.45, 7) is 8.43. The number of nitrogens with zero attached hydrogens (tertiary/aromatic N) is 3. The van der Waals surface area contributed by atoms with E-state index in [2.05, 4.69) is 4.98 Å². The molecule has 0 aliphatic heterocycles. The molecule has 1 aromatic heterocycles. The van der Waals surface area contributed by atoms with Crippen molar-refractivity contribution < 1.29 is 27.5 Å². The van der Waals surface area contributed by atoms with Crippen molar-refractivity contribution in [3.63, 3.8) is 0 Å². The van der Waals surface area contributed by atoms with Gasteiger partial charge in [0.05, 0.1) is 0 Å². The lowest BCUT2D eigenvalue weighted by atomic mass is 10.1. The summed E-state index contributed by atoms with van der Waals surface area (Å²) in [6.07, 6.45) is 0. The van der Waals surface area contributed by atoms with E-state index in [-0.39, 0.29) is 12.6 Å². The van der Waals surface area contributed by atoms with Crippen molar-refractivity contribution >= 4 is 16.2 Å². The number of aromatic nitrogens is 1. The monoisotopic (exact) mass is 515 g/mol. The molecule has 1 unspecified atom stereocenters. The zero-order chi connectivity index (χ0) is 26.6. The van der Waals surface area contributed by atoms with Gasteiger partial charge in [0.2, 0.25) is 5.89 Å². The summed E-state index contributed by atoms with van der Waals surface area (Å²) >= 11 is 0. The molecule has 1 atom stereocenters. The van der Waals surface area contributed by atoms with Crippen LogP contribution < -0.4 is 4.74 Å². The summed E-state index contributed by atoms with van der Waals surface area (Å²) in [7, 11) is -2.58. The molecule has 9 nitrogen and oxygen atoms in total. The second-order valence-corrected chi connectivity index (χ2v) is 10.9. The van der Waals surface area contributed by atoms with Crippen LogP contribution in [-0.4, -0.2) is 52.7 Å². The SMILES string of the molecule is Cc1ccccc1-c1nc(COc2cccc(C(C)N(CC(=O)O)S(=O)(=O)N(C)C(C)C)c2)c(C)o1. The molecule has 10 heteroatoms. The molecule has 36 heavy (non-hydrogen) atoms. The predicted octanol–water partition coefficient (Wildman–Crippen LogP) is 4.57. The molecule has 3 aromatic rings. The van der Waals surface area contributed by atoms with Crippen LogP contribution in [0.3, 0.4) is 0 Å². The molecule has 1 N–H and O–H groups in total. The molecular weight excluding hydrogens is 482 g/mol. The first-order valence-electron chi connectivity index (χ1n) is 11.6. The van der Waals surface area contributed by atoms with Gasteiger partial charge >= 0.3 is 5.97 Å². The summed E-state index contributed by atoms with van der Waals surface area (Å²) < 4.78 is 40.2. The van der Waals surface area contributed by atoms with Crippen molar-refractivity contribution in [3.05, 3.63) is 71.1 Å². The number of carbonyl (C=O) groups is 1. The maximum atomic E-state index is 13.1. The summed E-state index contributed by atoms with van der Waals surface area (Å²) in [4.78, 5) is 16.1. The summed E-state index contributed by atoms with van der Waals surface area (Å²) in [5.74, 6) is 0.439. The molecule has 0 amide bonds. The number of aryl methyl sites for hydroxylation is 2. The topological polar surface area (TPSA) is 113 Å². The number of rotatable bonds is 11. The van der Waals surface area contributed by atoms with Gasteiger partial charge in [-0.05, 0) is 63.9 Å². The third kappa shape index (κ3) is 6.13. The molecule has 2 aromatic carbocycles. The Balaban J connectivity index is 1.81. The smallest absolute Gasteiger partial charge is 0.318 e. The van der Waals surface area contributed by atoms with Gasteiger partial charge in [-0.1, -0.05) is 30.3 Å². The molecule has 0 spiro atoms. The second-order valence-electron chi connectivity index (χ2n) is 8.93. The van der Waals surface area contributed by atoms with Crippen LogP contribution in [-0.2, 0) is 21.6 Å². The van der Waals surface area contributed by atoms with Gasteiger partial charge in [0, 0.05) is 24.7 Å². The molecule has 3 rings (SSSR count). The van der Waals surface area contributed by atoms with Crippen LogP contribution in [0.15, 0.2) is 52.9 Å². The fraction of sp³-hybridized carbons (Fsp3) is 0.385. The van der Waals surface area contributed by atoms with Gasteiger partial charge in [-0.3, -0.25) is 4.79 Å². The van der Waals surface area contributed by atoms with E-state index in [9.17, 15) is 18.3 Å². The maximum absolute atomic E-state index is 13.1. The Morgan fingerprint density at radius 1 is 1.11 bits per heavy atom. The van der Waals surface area contributed by atoms with Crippen molar-refractivity contribution in [3.8, 4) is 17.2 Å². The van der Waals surface area contributed by atoms with Crippen molar-refractivity contribution in [2.45, 2.75) is 53.3 Å². The van der Waals surface area contributed by atoms with Gasteiger partial charge < -0.3 is 14.3 Å². The molecule has 0 saturated carbocycles. The number of ether oxygens (including phenoxy) is 1. The highest BCUT2D eigenvalue weighted by Gasteiger charge is 2.34. The molecule has 0 aliphatic rings. The van der Waals surface area contributed by atoms with Crippen LogP contribution in [0.4, 0.5) is 0 Å². The fourth-order valence-electron chi connectivity index (χ4n) is 3.66. The molecule has 0 radical (unpaired) electrons. The normalized spacial score (nSPS) is 12.9. The average molecular weight is 516 g/mol. The Hall–Kier alpha value is -3.21. The Morgan fingerprint density at radius 2 is 1.81 bits per heavy atom. The van der Waals surface area contributed by atoms with E-state index in [0.717, 1.165) is 19.7 Å². The van der Waals surface area contributed by atoms with E-state index >= 15 is 0 Å². The van der Waals surface area contributed by atoms with E-state index in [1.54, 1.807) is 45.0 Å². The van der Waals surface area contributed by atoms with Crippen LogP contribution in [0.25, 0.3) is 11.5 Å². The Morgan fingerprint density at radius 3 is 2.44 bits per heavy atom. The minimum atomic E-state index is -4.02. The van der Waals surface area contributed by atoms with E-state index in [0.29, 0.717) is 28.7 Å². The first-order chi connectivity index (χ1) is 16.9. The first-order valence-corrected chi connectivity index (χ1v) is 13.0. The summed E-state index contributed by atoms with van der Waals surface area (Å²) in [5.41, 5.74) is 3.22. The van der Waals surface area contributed by atoms with Crippen LogP contribution in [0, 0.1) is 13.8 Å². The highest BCUT2D eigenvalue weighted by molar-refractivity contribution is 7.86. The minimum absolute atomic E-state index is 0.159. The van der Waals surface area contributed by atoms with E-state index in [1.165, 1.54) is 7.05 Å². The highest BCUT2D eigenvalue weighted by Crippen LogP contribution is 2.29. The Labute approximate surface area is 212 Å².